The van der Waals surface area contributed by atoms with E-state index in [4.69, 9.17) is 18.9 Å². The molecule has 7 heteroatoms. The number of Topliss-reactive ketones (excluding diaryl/α,β-unsaturated/α-hetero) is 1. The van der Waals surface area contributed by atoms with Gasteiger partial charge in [0.2, 0.25) is 0 Å². The average Bonchev–Trinajstić information content (AvgIpc) is 2.60. The van der Waals surface area contributed by atoms with Crippen LogP contribution in [0.15, 0.2) is 24.3 Å². The fraction of sp³-hybridized carbons (Fsp3) is 0.632. The van der Waals surface area contributed by atoms with E-state index < -0.39 is 0 Å². The molecular formula is C19H31NO5S. The summed E-state index contributed by atoms with van der Waals surface area (Å²) in [6.45, 7) is 8.68. The quantitative estimate of drug-likeness (QED) is 0.275. The van der Waals surface area contributed by atoms with Crippen LogP contribution in [0.3, 0.4) is 0 Å². The number of ether oxygens (including phenoxy) is 4. The highest BCUT2D eigenvalue weighted by Crippen LogP contribution is 2.16. The second-order valence-electron chi connectivity index (χ2n) is 6.09. The van der Waals surface area contributed by atoms with Crippen LogP contribution in [0.25, 0.3) is 0 Å². The van der Waals surface area contributed by atoms with E-state index in [1.165, 1.54) is 0 Å². The first kappa shape index (κ1) is 22.8. The molecule has 26 heavy (non-hydrogen) atoms. The van der Waals surface area contributed by atoms with Gasteiger partial charge in [0, 0.05) is 11.6 Å². The number of carbonyl (C=O) groups excluding carboxylic acids is 1. The van der Waals surface area contributed by atoms with Gasteiger partial charge in [0.15, 0.2) is 5.78 Å². The third kappa shape index (κ3) is 11.4. The lowest BCUT2D eigenvalue weighted by Gasteiger charge is -2.11. The smallest absolute Gasteiger partial charge is 0.160 e. The Morgan fingerprint density at radius 1 is 0.923 bits per heavy atom. The molecule has 0 amide bonds. The monoisotopic (exact) mass is 385 g/mol. The highest BCUT2D eigenvalue weighted by molar-refractivity contribution is 7.81. The molecule has 0 saturated heterocycles. The Morgan fingerprint density at radius 3 is 2.00 bits per heavy atom. The van der Waals surface area contributed by atoms with Gasteiger partial charge in [0.1, 0.15) is 19.0 Å². The Kier molecular flexibility index (Phi) is 12.1. The maximum absolute atomic E-state index is 11.3. The van der Waals surface area contributed by atoms with Crippen molar-refractivity contribution in [3.63, 3.8) is 0 Å². The largest absolute Gasteiger partial charge is 0.491 e. The van der Waals surface area contributed by atoms with E-state index in [0.29, 0.717) is 39.6 Å². The van der Waals surface area contributed by atoms with Gasteiger partial charge >= 0.3 is 0 Å². The summed E-state index contributed by atoms with van der Waals surface area (Å²) in [5.41, 5.74) is 1.01. The standard InChI is InChI=1S/C19H31NO5S/c1-15(2)19(21)14-24-11-10-22-8-9-23-12-13-25-18-6-4-17(5-7-18)20-16(3)26/h4-7,15-16,20,26H,8-14H2,1-3H3. The fourth-order valence-corrected chi connectivity index (χ4v) is 2.04. The Hall–Kier alpha value is -1.28. The van der Waals surface area contributed by atoms with Gasteiger partial charge in [-0.2, -0.15) is 12.6 Å². The molecule has 0 aliphatic rings. The number of nitrogens with one attached hydrogen (secondary N) is 1. The predicted octanol–water partition coefficient (Wildman–Crippen LogP) is 3.03. The van der Waals surface area contributed by atoms with Gasteiger partial charge in [-0.1, -0.05) is 13.8 Å². The Bertz CT molecular complexity index is 493. The van der Waals surface area contributed by atoms with Crippen molar-refractivity contribution >= 4 is 24.1 Å². The SMILES string of the molecule is CC(S)Nc1ccc(OCCOCCOCCOCC(=O)C(C)C)cc1. The van der Waals surface area contributed by atoms with Crippen molar-refractivity contribution in [3.05, 3.63) is 24.3 Å². The molecule has 0 aliphatic heterocycles. The van der Waals surface area contributed by atoms with Crippen LogP contribution in [0.2, 0.25) is 0 Å². The molecule has 148 valence electrons. The van der Waals surface area contributed by atoms with Crippen molar-refractivity contribution in [2.75, 3.05) is 51.6 Å². The molecule has 0 radical (unpaired) electrons. The molecule has 0 aromatic heterocycles. The van der Waals surface area contributed by atoms with Crippen LogP contribution in [0.5, 0.6) is 5.75 Å². The van der Waals surface area contributed by atoms with E-state index >= 15 is 0 Å². The van der Waals surface area contributed by atoms with E-state index in [0.717, 1.165) is 11.4 Å². The van der Waals surface area contributed by atoms with Crippen LogP contribution in [0, 0.1) is 5.92 Å². The maximum atomic E-state index is 11.3. The number of hydrogen-bond donors (Lipinski definition) is 2. The molecule has 1 N–H and O–H groups in total. The molecule has 0 spiro atoms. The molecule has 1 unspecified atom stereocenters. The van der Waals surface area contributed by atoms with E-state index in [1.54, 1.807) is 0 Å². The highest BCUT2D eigenvalue weighted by Gasteiger charge is 2.06. The molecule has 0 saturated carbocycles. The third-order valence-electron chi connectivity index (χ3n) is 3.36. The number of anilines is 1. The minimum Gasteiger partial charge on any atom is -0.491 e. The summed E-state index contributed by atoms with van der Waals surface area (Å²) in [7, 11) is 0. The predicted molar refractivity (Wildman–Crippen MR) is 106 cm³/mol. The Balaban J connectivity index is 1.92. The minimum absolute atomic E-state index is 0.0119. The van der Waals surface area contributed by atoms with Crippen LogP contribution in [0.1, 0.15) is 20.8 Å². The third-order valence-corrected chi connectivity index (χ3v) is 3.49. The van der Waals surface area contributed by atoms with E-state index in [1.807, 2.05) is 45.0 Å². The molecule has 1 aromatic carbocycles. The second-order valence-corrected chi connectivity index (χ2v) is 6.87. The molecule has 0 heterocycles. The normalized spacial score (nSPS) is 12.2. The molecule has 1 atom stereocenters. The Labute approximate surface area is 161 Å². The molecule has 1 aromatic rings. The zero-order valence-corrected chi connectivity index (χ0v) is 16.8. The summed E-state index contributed by atoms with van der Waals surface area (Å²) in [6.07, 6.45) is 0. The summed E-state index contributed by atoms with van der Waals surface area (Å²) >= 11 is 4.28. The molecule has 0 bridgehead atoms. The van der Waals surface area contributed by atoms with Crippen LogP contribution in [0.4, 0.5) is 5.69 Å². The van der Waals surface area contributed by atoms with Gasteiger partial charge in [0.25, 0.3) is 0 Å². The zero-order chi connectivity index (χ0) is 19.2. The lowest BCUT2D eigenvalue weighted by atomic mass is 10.1. The minimum atomic E-state index is 0.0119. The topological polar surface area (TPSA) is 66.0 Å². The van der Waals surface area contributed by atoms with Crippen molar-refractivity contribution in [2.45, 2.75) is 26.1 Å². The first-order valence-corrected chi connectivity index (χ1v) is 9.44. The summed E-state index contributed by atoms with van der Waals surface area (Å²) in [5.74, 6) is 0.920. The van der Waals surface area contributed by atoms with Crippen molar-refractivity contribution in [3.8, 4) is 5.75 Å². The second kappa shape index (κ2) is 13.9. The first-order chi connectivity index (χ1) is 12.5. The van der Waals surface area contributed by atoms with Gasteiger partial charge < -0.3 is 24.3 Å². The molecule has 0 aliphatic carbocycles. The maximum Gasteiger partial charge on any atom is 0.160 e. The number of benzene rings is 1. The molecule has 0 fully saturated rings. The molecular weight excluding hydrogens is 354 g/mol. The highest BCUT2D eigenvalue weighted by atomic mass is 32.1. The average molecular weight is 386 g/mol. The summed E-state index contributed by atoms with van der Waals surface area (Å²) in [6, 6.07) is 7.72. The van der Waals surface area contributed by atoms with Gasteiger partial charge in [-0.3, -0.25) is 4.79 Å². The van der Waals surface area contributed by atoms with Gasteiger partial charge in [-0.05, 0) is 31.2 Å². The van der Waals surface area contributed by atoms with Crippen LogP contribution < -0.4 is 10.1 Å². The summed E-state index contributed by atoms with van der Waals surface area (Å²) < 4.78 is 21.6. The van der Waals surface area contributed by atoms with Crippen LogP contribution >= 0.6 is 12.6 Å². The van der Waals surface area contributed by atoms with E-state index in [-0.39, 0.29) is 23.7 Å². The van der Waals surface area contributed by atoms with Gasteiger partial charge in [0.05, 0.1) is 38.4 Å². The first-order valence-electron chi connectivity index (χ1n) is 8.92. The zero-order valence-electron chi connectivity index (χ0n) is 15.9. The van der Waals surface area contributed by atoms with E-state index in [9.17, 15) is 4.79 Å². The van der Waals surface area contributed by atoms with Gasteiger partial charge in [-0.15, -0.1) is 0 Å². The molecule has 6 nitrogen and oxygen atoms in total. The van der Waals surface area contributed by atoms with Gasteiger partial charge in [-0.25, -0.2) is 0 Å². The lowest BCUT2D eigenvalue weighted by Crippen LogP contribution is -2.17. The van der Waals surface area contributed by atoms with Crippen molar-refractivity contribution < 1.29 is 23.7 Å². The van der Waals surface area contributed by atoms with Crippen molar-refractivity contribution in [1.29, 1.82) is 0 Å². The summed E-state index contributed by atoms with van der Waals surface area (Å²) in [5, 5.41) is 3.30. The van der Waals surface area contributed by atoms with Crippen LogP contribution in [-0.4, -0.2) is 57.4 Å². The van der Waals surface area contributed by atoms with Crippen molar-refractivity contribution in [2.24, 2.45) is 5.92 Å². The Morgan fingerprint density at radius 2 is 1.46 bits per heavy atom. The van der Waals surface area contributed by atoms with E-state index in [2.05, 4.69) is 17.9 Å². The number of carbonyl (C=O) groups is 1. The van der Waals surface area contributed by atoms with Crippen LogP contribution in [-0.2, 0) is 19.0 Å². The number of rotatable bonds is 15. The summed E-state index contributed by atoms with van der Waals surface area (Å²) in [4.78, 5) is 11.3. The fourth-order valence-electron chi connectivity index (χ4n) is 1.89. The number of hydrogen-bond acceptors (Lipinski definition) is 7. The van der Waals surface area contributed by atoms with Crippen molar-refractivity contribution in [1.82, 2.24) is 0 Å². The lowest BCUT2D eigenvalue weighted by molar-refractivity contribution is -0.127. The molecule has 1 rings (SSSR count). The number of ketones is 1. The number of thiol groups is 1.